The van der Waals surface area contributed by atoms with Gasteiger partial charge >= 0.3 is 0 Å². The first-order chi connectivity index (χ1) is 9.24. The second kappa shape index (κ2) is 6.65. The molecule has 1 aromatic heterocycles. The van der Waals surface area contributed by atoms with Gasteiger partial charge in [-0.25, -0.2) is 0 Å². The van der Waals surface area contributed by atoms with Gasteiger partial charge in [-0.2, -0.15) is 0 Å². The van der Waals surface area contributed by atoms with Gasteiger partial charge in [0.2, 0.25) is 0 Å². The summed E-state index contributed by atoms with van der Waals surface area (Å²) in [6.07, 6.45) is 4.35. The van der Waals surface area contributed by atoms with E-state index in [0.717, 1.165) is 22.2 Å². The molecule has 0 amide bonds. The van der Waals surface area contributed by atoms with E-state index in [-0.39, 0.29) is 6.04 Å². The molecule has 0 aliphatic heterocycles. The van der Waals surface area contributed by atoms with Gasteiger partial charge in [0, 0.05) is 16.9 Å². The minimum absolute atomic E-state index is 0.00637. The summed E-state index contributed by atoms with van der Waals surface area (Å²) in [4.78, 5) is 4.02. The fourth-order valence-electron chi connectivity index (χ4n) is 1.93. The number of nitrogens with one attached hydrogen (secondary N) is 1. The second-order valence-corrected chi connectivity index (χ2v) is 5.02. The third-order valence-electron chi connectivity index (χ3n) is 2.97. The molecule has 0 spiro atoms. The van der Waals surface area contributed by atoms with Gasteiger partial charge in [0.15, 0.2) is 0 Å². The van der Waals surface area contributed by atoms with Crippen LogP contribution in [0.2, 0.25) is 0 Å². The van der Waals surface area contributed by atoms with Crippen LogP contribution < -0.4 is 16.0 Å². The zero-order chi connectivity index (χ0) is 13.7. The van der Waals surface area contributed by atoms with Crippen LogP contribution in [0, 0.1) is 0 Å². The Hall–Kier alpha value is -1.43. The monoisotopic (exact) mass is 321 g/mol. The highest BCUT2D eigenvalue weighted by Gasteiger charge is 2.14. The number of benzene rings is 1. The highest BCUT2D eigenvalue weighted by atomic mass is 79.9. The van der Waals surface area contributed by atoms with E-state index in [9.17, 15) is 0 Å². The van der Waals surface area contributed by atoms with E-state index in [1.807, 2.05) is 30.3 Å². The van der Waals surface area contributed by atoms with Crippen molar-refractivity contribution in [1.29, 1.82) is 0 Å². The van der Waals surface area contributed by atoms with Gasteiger partial charge in [-0.1, -0.05) is 15.9 Å². The Morgan fingerprint density at radius 3 is 2.68 bits per heavy atom. The number of rotatable bonds is 5. The van der Waals surface area contributed by atoms with E-state index in [2.05, 4.69) is 26.3 Å². The minimum atomic E-state index is 0.00637. The molecule has 4 nitrogen and oxygen atoms in total. The van der Waals surface area contributed by atoms with Crippen LogP contribution in [-0.2, 0) is 6.42 Å². The maximum absolute atomic E-state index is 5.69. The highest BCUT2D eigenvalue weighted by Crippen LogP contribution is 2.29. The van der Waals surface area contributed by atoms with Crippen molar-refractivity contribution in [3.05, 3.63) is 58.3 Å². The van der Waals surface area contributed by atoms with Crippen LogP contribution in [0.1, 0.15) is 17.2 Å². The summed E-state index contributed by atoms with van der Waals surface area (Å²) in [6, 6.07) is 9.83. The lowest BCUT2D eigenvalue weighted by molar-refractivity contribution is 0.412. The Kier molecular flexibility index (Phi) is 4.90. The van der Waals surface area contributed by atoms with Crippen molar-refractivity contribution in [2.24, 2.45) is 5.84 Å². The number of ether oxygens (including phenoxy) is 1. The molecule has 0 aliphatic rings. The van der Waals surface area contributed by atoms with Crippen LogP contribution in [0.15, 0.2) is 47.2 Å². The molecule has 1 aromatic carbocycles. The molecule has 1 atom stereocenters. The van der Waals surface area contributed by atoms with Crippen LogP contribution in [0.25, 0.3) is 0 Å². The summed E-state index contributed by atoms with van der Waals surface area (Å²) in [5, 5.41) is 0. The minimum Gasteiger partial charge on any atom is -0.497 e. The van der Waals surface area contributed by atoms with E-state index in [0.29, 0.717) is 0 Å². The third kappa shape index (κ3) is 3.53. The first kappa shape index (κ1) is 14.0. The smallest absolute Gasteiger partial charge is 0.119 e. The molecule has 0 fully saturated rings. The van der Waals surface area contributed by atoms with Crippen molar-refractivity contribution < 1.29 is 4.74 Å². The molecule has 0 radical (unpaired) electrons. The number of aromatic nitrogens is 1. The van der Waals surface area contributed by atoms with Crippen molar-refractivity contribution in [3.63, 3.8) is 0 Å². The van der Waals surface area contributed by atoms with Crippen molar-refractivity contribution in [2.45, 2.75) is 12.5 Å². The zero-order valence-corrected chi connectivity index (χ0v) is 12.2. The molecule has 1 unspecified atom stereocenters. The predicted octanol–water partition coefficient (Wildman–Crippen LogP) is 2.60. The largest absolute Gasteiger partial charge is 0.497 e. The number of hydrogen-bond donors (Lipinski definition) is 2. The number of hydrogen-bond acceptors (Lipinski definition) is 4. The van der Waals surface area contributed by atoms with Crippen LogP contribution in [0.5, 0.6) is 5.75 Å². The first-order valence-electron chi connectivity index (χ1n) is 5.93. The fraction of sp³-hybridized carbons (Fsp3) is 0.214. The predicted molar refractivity (Wildman–Crippen MR) is 78.7 cm³/mol. The molecule has 19 heavy (non-hydrogen) atoms. The van der Waals surface area contributed by atoms with Gasteiger partial charge in [0.25, 0.3) is 0 Å². The maximum Gasteiger partial charge on any atom is 0.119 e. The molecule has 0 saturated heterocycles. The topological polar surface area (TPSA) is 60.2 Å². The summed E-state index contributed by atoms with van der Waals surface area (Å²) in [5.41, 5.74) is 5.09. The standard InChI is InChI=1S/C14H16BrN3O/c1-19-11-2-3-13(15)12(9-11)14(18-16)8-10-4-6-17-7-5-10/h2-7,9,14,18H,8,16H2,1H3. The average molecular weight is 322 g/mol. The number of methoxy groups -OCH3 is 1. The van der Waals surface area contributed by atoms with Gasteiger partial charge in [-0.3, -0.25) is 16.3 Å². The summed E-state index contributed by atoms with van der Waals surface area (Å²) in [5.74, 6) is 6.50. The molecule has 2 aromatic rings. The van der Waals surface area contributed by atoms with Crippen molar-refractivity contribution in [2.75, 3.05) is 7.11 Å². The first-order valence-corrected chi connectivity index (χ1v) is 6.72. The zero-order valence-electron chi connectivity index (χ0n) is 10.6. The van der Waals surface area contributed by atoms with Crippen LogP contribution >= 0.6 is 15.9 Å². The summed E-state index contributed by atoms with van der Waals surface area (Å²) in [7, 11) is 1.65. The number of nitrogens with zero attached hydrogens (tertiary/aromatic N) is 1. The Balaban J connectivity index is 2.26. The Labute approximate surface area is 121 Å². The number of hydrazine groups is 1. The van der Waals surface area contributed by atoms with Gasteiger partial charge in [0.05, 0.1) is 13.2 Å². The van der Waals surface area contributed by atoms with Crippen LogP contribution in [-0.4, -0.2) is 12.1 Å². The molecule has 1 heterocycles. The molecule has 3 N–H and O–H groups in total. The van der Waals surface area contributed by atoms with Gasteiger partial charge in [0.1, 0.15) is 5.75 Å². The molecular formula is C14H16BrN3O. The van der Waals surface area contributed by atoms with E-state index in [1.165, 1.54) is 5.56 Å². The summed E-state index contributed by atoms with van der Waals surface area (Å²) in [6.45, 7) is 0. The third-order valence-corrected chi connectivity index (χ3v) is 3.69. The van der Waals surface area contributed by atoms with Crippen LogP contribution in [0.4, 0.5) is 0 Å². The molecular weight excluding hydrogens is 306 g/mol. The van der Waals surface area contributed by atoms with Crippen molar-refractivity contribution in [3.8, 4) is 5.75 Å². The summed E-state index contributed by atoms with van der Waals surface area (Å²) >= 11 is 3.55. The quantitative estimate of drug-likeness (QED) is 0.656. The normalized spacial score (nSPS) is 12.2. The lowest BCUT2D eigenvalue weighted by Gasteiger charge is -2.18. The molecule has 100 valence electrons. The van der Waals surface area contributed by atoms with Gasteiger partial charge in [-0.15, -0.1) is 0 Å². The SMILES string of the molecule is COc1ccc(Br)c(C(Cc2ccncc2)NN)c1. The van der Waals surface area contributed by atoms with Crippen LogP contribution in [0.3, 0.4) is 0 Å². The lowest BCUT2D eigenvalue weighted by Crippen LogP contribution is -2.29. The van der Waals surface area contributed by atoms with E-state index >= 15 is 0 Å². The number of pyridine rings is 1. The van der Waals surface area contributed by atoms with Crippen molar-refractivity contribution >= 4 is 15.9 Å². The molecule has 0 bridgehead atoms. The van der Waals surface area contributed by atoms with E-state index in [1.54, 1.807) is 19.5 Å². The Bertz CT molecular complexity index is 533. The van der Waals surface area contributed by atoms with Gasteiger partial charge < -0.3 is 4.74 Å². The molecule has 5 heteroatoms. The number of nitrogens with two attached hydrogens (primary N) is 1. The molecule has 0 aliphatic carbocycles. The number of halogens is 1. The van der Waals surface area contributed by atoms with E-state index in [4.69, 9.17) is 10.6 Å². The van der Waals surface area contributed by atoms with Crippen molar-refractivity contribution in [1.82, 2.24) is 10.4 Å². The fourth-order valence-corrected chi connectivity index (χ4v) is 2.45. The maximum atomic E-state index is 5.69. The highest BCUT2D eigenvalue weighted by molar-refractivity contribution is 9.10. The molecule has 0 saturated carbocycles. The van der Waals surface area contributed by atoms with E-state index < -0.39 is 0 Å². The average Bonchev–Trinajstić information content (AvgIpc) is 2.47. The Morgan fingerprint density at radius 2 is 2.05 bits per heavy atom. The second-order valence-electron chi connectivity index (χ2n) is 4.17. The molecule has 2 rings (SSSR count). The van der Waals surface area contributed by atoms with Gasteiger partial charge in [-0.05, 0) is 47.9 Å². The lowest BCUT2D eigenvalue weighted by atomic mass is 10.00. The summed E-state index contributed by atoms with van der Waals surface area (Å²) < 4.78 is 6.26. The Morgan fingerprint density at radius 1 is 1.32 bits per heavy atom.